The van der Waals surface area contributed by atoms with Crippen LogP contribution in [-0.4, -0.2) is 17.6 Å². The summed E-state index contributed by atoms with van der Waals surface area (Å²) in [6.07, 6.45) is 6.46. The van der Waals surface area contributed by atoms with E-state index in [2.05, 4.69) is 11.6 Å². The first-order chi connectivity index (χ1) is 6.33. The van der Waals surface area contributed by atoms with Gasteiger partial charge in [0.2, 0.25) is 0 Å². The Labute approximate surface area is 85.0 Å². The zero-order valence-corrected chi connectivity index (χ0v) is 9.24. The standard InChI is InChI=1S/C10H19NOS/c1-2-10-6-4-3-5-9(12)7-8-11-13-10/h10-11H,2-8H2,1H3/p+1. The van der Waals surface area contributed by atoms with Crippen molar-refractivity contribution in [2.24, 2.45) is 0 Å². The molecule has 2 N–H and O–H groups in total. The lowest BCUT2D eigenvalue weighted by atomic mass is 10.1. The smallest absolute Gasteiger partial charge is 0.138 e. The van der Waals surface area contributed by atoms with Gasteiger partial charge in [0.05, 0.1) is 30.2 Å². The molecule has 0 bridgehead atoms. The second-order valence-corrected chi connectivity index (χ2v) is 4.93. The van der Waals surface area contributed by atoms with Crippen LogP contribution in [0.25, 0.3) is 0 Å². The summed E-state index contributed by atoms with van der Waals surface area (Å²) in [4.78, 5) is 11.2. The Hall–Kier alpha value is -0.0200. The van der Waals surface area contributed by atoms with Gasteiger partial charge in [0, 0.05) is 6.42 Å². The maximum atomic E-state index is 11.2. The van der Waals surface area contributed by atoms with E-state index in [1.165, 1.54) is 19.3 Å². The average Bonchev–Trinajstić information content (AvgIpc) is 2.16. The van der Waals surface area contributed by atoms with Gasteiger partial charge < -0.3 is 0 Å². The van der Waals surface area contributed by atoms with Crippen molar-refractivity contribution in [2.75, 3.05) is 6.54 Å². The van der Waals surface area contributed by atoms with Crippen molar-refractivity contribution < 1.29 is 9.52 Å². The molecule has 1 unspecified atom stereocenters. The van der Waals surface area contributed by atoms with Crippen molar-refractivity contribution in [3.63, 3.8) is 0 Å². The maximum absolute atomic E-state index is 11.2. The van der Waals surface area contributed by atoms with Crippen molar-refractivity contribution in [1.29, 1.82) is 0 Å². The van der Waals surface area contributed by atoms with E-state index in [1.807, 2.05) is 11.9 Å². The fraction of sp³-hybridized carbons (Fsp3) is 0.900. The number of carbonyl (C=O) groups excluding carboxylic acids is 1. The average molecular weight is 202 g/mol. The van der Waals surface area contributed by atoms with Gasteiger partial charge >= 0.3 is 0 Å². The Morgan fingerprint density at radius 1 is 1.46 bits per heavy atom. The number of nitrogens with two attached hydrogens (primary N) is 1. The van der Waals surface area contributed by atoms with Crippen molar-refractivity contribution >= 4 is 17.7 Å². The highest BCUT2D eigenvalue weighted by Gasteiger charge is 2.13. The molecule has 1 atom stereocenters. The minimum atomic E-state index is 0.451. The van der Waals surface area contributed by atoms with Gasteiger partial charge in [0.25, 0.3) is 0 Å². The van der Waals surface area contributed by atoms with Gasteiger partial charge in [0.1, 0.15) is 5.78 Å². The Morgan fingerprint density at radius 2 is 2.31 bits per heavy atom. The van der Waals surface area contributed by atoms with Crippen LogP contribution in [0.4, 0.5) is 0 Å². The van der Waals surface area contributed by atoms with Crippen LogP contribution in [0, 0.1) is 0 Å². The second-order valence-electron chi connectivity index (χ2n) is 3.66. The van der Waals surface area contributed by atoms with Gasteiger partial charge in [-0.05, 0) is 19.3 Å². The van der Waals surface area contributed by atoms with Crippen LogP contribution >= 0.6 is 11.9 Å². The number of hydrogen-bond donors (Lipinski definition) is 1. The lowest BCUT2D eigenvalue weighted by molar-refractivity contribution is -0.479. The summed E-state index contributed by atoms with van der Waals surface area (Å²) in [6, 6.07) is 0. The molecule has 1 saturated heterocycles. The van der Waals surface area contributed by atoms with Crippen molar-refractivity contribution in [3.8, 4) is 0 Å². The first-order valence-electron chi connectivity index (χ1n) is 5.31. The van der Waals surface area contributed by atoms with E-state index in [0.717, 1.165) is 31.1 Å². The molecule has 0 amide bonds. The van der Waals surface area contributed by atoms with E-state index in [9.17, 15) is 4.79 Å². The van der Waals surface area contributed by atoms with Gasteiger partial charge in [-0.3, -0.25) is 9.52 Å². The van der Waals surface area contributed by atoms with Gasteiger partial charge in [-0.15, -0.1) is 0 Å². The monoisotopic (exact) mass is 202 g/mol. The predicted molar refractivity (Wildman–Crippen MR) is 56.6 cm³/mol. The number of quaternary nitrogens is 1. The summed E-state index contributed by atoms with van der Waals surface area (Å²) < 4.78 is 2.23. The first-order valence-corrected chi connectivity index (χ1v) is 6.26. The third-order valence-corrected chi connectivity index (χ3v) is 3.90. The summed E-state index contributed by atoms with van der Waals surface area (Å²) in [5.74, 6) is 0.451. The molecule has 1 heterocycles. The van der Waals surface area contributed by atoms with Crippen LogP contribution in [-0.2, 0) is 4.79 Å². The minimum Gasteiger partial charge on any atom is -0.299 e. The second kappa shape index (κ2) is 6.44. The third kappa shape index (κ3) is 4.67. The normalized spacial score (nSPS) is 27.2. The number of ketones is 1. The van der Waals surface area contributed by atoms with Crippen LogP contribution in [0.2, 0.25) is 0 Å². The van der Waals surface area contributed by atoms with Gasteiger partial charge in [-0.1, -0.05) is 13.3 Å². The highest BCUT2D eigenvalue weighted by Crippen LogP contribution is 2.16. The number of Topliss-reactive ketones (excluding diaryl/α,β-unsaturated/α-hetero) is 1. The number of hydrogen-bond acceptors (Lipinski definition) is 2. The molecular formula is C10H20NOS+. The fourth-order valence-electron chi connectivity index (χ4n) is 1.61. The predicted octanol–water partition coefficient (Wildman–Crippen LogP) is 1.51. The highest BCUT2D eigenvalue weighted by atomic mass is 32.2. The quantitative estimate of drug-likeness (QED) is 0.654. The van der Waals surface area contributed by atoms with E-state index < -0.39 is 0 Å². The molecule has 76 valence electrons. The molecule has 0 aliphatic carbocycles. The largest absolute Gasteiger partial charge is 0.299 e. The Bertz CT molecular complexity index is 147. The topological polar surface area (TPSA) is 33.7 Å². The molecule has 0 radical (unpaired) electrons. The summed E-state index contributed by atoms with van der Waals surface area (Å²) in [7, 11) is 0. The van der Waals surface area contributed by atoms with Crippen LogP contribution in [0.3, 0.4) is 0 Å². The molecule has 13 heavy (non-hydrogen) atoms. The molecule has 0 aromatic rings. The number of carbonyl (C=O) groups is 1. The Morgan fingerprint density at radius 3 is 3.08 bits per heavy atom. The number of rotatable bonds is 1. The Kier molecular flexibility index (Phi) is 5.47. The summed E-state index contributed by atoms with van der Waals surface area (Å²) in [6.45, 7) is 3.22. The minimum absolute atomic E-state index is 0.451. The SMILES string of the molecule is CCC1CCCCC(=O)CC[NH2+]S1. The van der Waals surface area contributed by atoms with Gasteiger partial charge in [-0.25, -0.2) is 0 Å². The summed E-state index contributed by atoms with van der Waals surface area (Å²) in [5.41, 5.74) is 0. The molecule has 3 heteroatoms. The molecule has 0 saturated carbocycles. The molecule has 1 aliphatic rings. The van der Waals surface area contributed by atoms with E-state index in [4.69, 9.17) is 0 Å². The van der Waals surface area contributed by atoms with Crippen molar-refractivity contribution in [1.82, 2.24) is 0 Å². The van der Waals surface area contributed by atoms with Crippen LogP contribution in [0.15, 0.2) is 0 Å². The Balaban J connectivity index is 2.28. The van der Waals surface area contributed by atoms with Crippen LogP contribution < -0.4 is 4.72 Å². The molecular weight excluding hydrogens is 182 g/mol. The summed E-state index contributed by atoms with van der Waals surface area (Å²) in [5, 5.41) is 0.799. The van der Waals surface area contributed by atoms with Gasteiger partial charge in [-0.2, -0.15) is 0 Å². The van der Waals surface area contributed by atoms with E-state index >= 15 is 0 Å². The molecule has 2 nitrogen and oxygen atoms in total. The molecule has 0 aromatic heterocycles. The van der Waals surface area contributed by atoms with Gasteiger partial charge in [0.15, 0.2) is 0 Å². The van der Waals surface area contributed by atoms with Crippen LogP contribution in [0.5, 0.6) is 0 Å². The molecule has 0 spiro atoms. The zero-order valence-electron chi connectivity index (χ0n) is 8.42. The summed E-state index contributed by atoms with van der Waals surface area (Å²) >= 11 is 1.94. The molecule has 0 aromatic carbocycles. The van der Waals surface area contributed by atoms with Crippen LogP contribution in [0.1, 0.15) is 45.4 Å². The lowest BCUT2D eigenvalue weighted by Crippen LogP contribution is -2.77. The third-order valence-electron chi connectivity index (χ3n) is 2.52. The molecule has 1 rings (SSSR count). The van der Waals surface area contributed by atoms with E-state index in [-0.39, 0.29) is 0 Å². The zero-order chi connectivity index (χ0) is 9.52. The fourth-order valence-corrected chi connectivity index (χ4v) is 2.63. The van der Waals surface area contributed by atoms with E-state index in [0.29, 0.717) is 5.78 Å². The molecule has 1 aliphatic heterocycles. The maximum Gasteiger partial charge on any atom is 0.138 e. The first kappa shape index (κ1) is 11.1. The molecule has 1 fully saturated rings. The van der Waals surface area contributed by atoms with E-state index in [1.54, 1.807) is 0 Å². The van der Waals surface area contributed by atoms with Crippen molar-refractivity contribution in [2.45, 2.75) is 50.7 Å². The highest BCUT2D eigenvalue weighted by molar-refractivity contribution is 7.93. The van der Waals surface area contributed by atoms with Crippen molar-refractivity contribution in [3.05, 3.63) is 0 Å². The lowest BCUT2D eigenvalue weighted by Gasteiger charge is -2.12.